The SMILES string of the molecule is C=C(C)CCC(COC(=O)CCCCCOC(=O)CCCCCOC(=O)C(CC(C)(C)C)C(C)C)N=O. The molecule has 0 fully saturated rings. The fourth-order valence-electron chi connectivity index (χ4n) is 3.73. The highest BCUT2D eigenvalue weighted by Crippen LogP contribution is 2.29. The Hall–Kier alpha value is -2.25. The summed E-state index contributed by atoms with van der Waals surface area (Å²) in [5.41, 5.74) is 1.04. The first-order chi connectivity index (χ1) is 17.4. The third kappa shape index (κ3) is 20.5. The molecular weight excluding hydrogens is 474 g/mol. The molecule has 0 saturated heterocycles. The lowest BCUT2D eigenvalue weighted by Gasteiger charge is -2.27. The van der Waals surface area contributed by atoms with E-state index < -0.39 is 6.04 Å². The molecule has 0 N–H and O–H groups in total. The maximum Gasteiger partial charge on any atom is 0.309 e. The number of allylic oxidation sites excluding steroid dienone is 1. The van der Waals surface area contributed by atoms with Crippen molar-refractivity contribution in [3.63, 3.8) is 0 Å². The summed E-state index contributed by atoms with van der Waals surface area (Å²) in [6.45, 7) is 16.9. The van der Waals surface area contributed by atoms with Gasteiger partial charge in [0.1, 0.15) is 12.6 Å². The zero-order valence-electron chi connectivity index (χ0n) is 24.1. The fourth-order valence-corrected chi connectivity index (χ4v) is 3.73. The zero-order valence-corrected chi connectivity index (χ0v) is 24.1. The summed E-state index contributed by atoms with van der Waals surface area (Å²) >= 11 is 0. The number of esters is 3. The van der Waals surface area contributed by atoms with Gasteiger partial charge in [-0.15, -0.1) is 6.58 Å². The molecule has 0 radical (unpaired) electrons. The van der Waals surface area contributed by atoms with Gasteiger partial charge in [0.25, 0.3) is 0 Å². The molecule has 2 unspecified atom stereocenters. The molecule has 37 heavy (non-hydrogen) atoms. The lowest BCUT2D eigenvalue weighted by atomic mass is 9.80. The maximum absolute atomic E-state index is 12.4. The van der Waals surface area contributed by atoms with Crippen LogP contribution in [-0.2, 0) is 28.6 Å². The summed E-state index contributed by atoms with van der Waals surface area (Å²) in [6, 6.07) is -0.536. The Labute approximate surface area is 224 Å². The number of nitrogens with zero attached hydrogens (tertiary/aromatic N) is 1. The Bertz CT molecular complexity index is 697. The third-order valence-corrected chi connectivity index (χ3v) is 5.99. The van der Waals surface area contributed by atoms with Gasteiger partial charge >= 0.3 is 17.9 Å². The third-order valence-electron chi connectivity index (χ3n) is 5.99. The van der Waals surface area contributed by atoms with Crippen molar-refractivity contribution in [3.05, 3.63) is 17.1 Å². The van der Waals surface area contributed by atoms with Gasteiger partial charge in [0.05, 0.1) is 19.1 Å². The van der Waals surface area contributed by atoms with Gasteiger partial charge in [-0.1, -0.05) is 45.4 Å². The summed E-state index contributed by atoms with van der Waals surface area (Å²) in [5, 5.41) is 3.00. The fraction of sp³-hybridized carbons (Fsp3) is 0.828. The van der Waals surface area contributed by atoms with Crippen LogP contribution in [0.25, 0.3) is 0 Å². The molecular formula is C29H51NO7. The van der Waals surface area contributed by atoms with Crippen molar-refractivity contribution in [1.82, 2.24) is 0 Å². The number of hydrogen-bond acceptors (Lipinski definition) is 8. The van der Waals surface area contributed by atoms with Crippen molar-refractivity contribution in [1.29, 1.82) is 0 Å². The molecule has 0 amide bonds. The summed E-state index contributed by atoms with van der Waals surface area (Å²) in [5.74, 6) is -0.557. The van der Waals surface area contributed by atoms with Crippen LogP contribution in [0.1, 0.15) is 112 Å². The van der Waals surface area contributed by atoms with E-state index in [4.69, 9.17) is 14.2 Å². The van der Waals surface area contributed by atoms with Gasteiger partial charge in [0.2, 0.25) is 0 Å². The van der Waals surface area contributed by atoms with Crippen LogP contribution in [0, 0.1) is 22.2 Å². The Morgan fingerprint density at radius 2 is 1.35 bits per heavy atom. The molecule has 8 nitrogen and oxygen atoms in total. The number of carbonyl (C=O) groups excluding carboxylic acids is 3. The van der Waals surface area contributed by atoms with Crippen molar-refractivity contribution in [2.45, 2.75) is 118 Å². The second-order valence-corrected chi connectivity index (χ2v) is 11.6. The van der Waals surface area contributed by atoms with E-state index in [2.05, 4.69) is 46.4 Å². The number of nitroso groups, excluding NO2 is 1. The summed E-state index contributed by atoms with van der Waals surface area (Å²) in [4.78, 5) is 46.9. The molecule has 0 aromatic carbocycles. The average molecular weight is 526 g/mol. The molecule has 0 aromatic rings. The monoisotopic (exact) mass is 525 g/mol. The molecule has 0 bridgehead atoms. The van der Waals surface area contributed by atoms with E-state index >= 15 is 0 Å². The van der Waals surface area contributed by atoms with E-state index in [0.29, 0.717) is 51.7 Å². The molecule has 0 aromatic heterocycles. The zero-order chi connectivity index (χ0) is 28.3. The molecule has 2 atom stereocenters. The van der Waals surface area contributed by atoms with Gasteiger partial charge in [-0.3, -0.25) is 14.4 Å². The van der Waals surface area contributed by atoms with Crippen LogP contribution in [0.15, 0.2) is 17.3 Å². The van der Waals surface area contributed by atoms with Gasteiger partial charge in [-0.25, -0.2) is 0 Å². The smallest absolute Gasteiger partial charge is 0.309 e. The van der Waals surface area contributed by atoms with E-state index in [-0.39, 0.29) is 48.2 Å². The van der Waals surface area contributed by atoms with Gasteiger partial charge in [0.15, 0.2) is 0 Å². The minimum Gasteiger partial charge on any atom is -0.466 e. The molecule has 0 aliphatic carbocycles. The first-order valence-electron chi connectivity index (χ1n) is 13.8. The van der Waals surface area contributed by atoms with Crippen molar-refractivity contribution in [2.24, 2.45) is 22.4 Å². The number of carbonyl (C=O) groups is 3. The Morgan fingerprint density at radius 1 is 0.811 bits per heavy atom. The highest BCUT2D eigenvalue weighted by atomic mass is 16.5. The maximum atomic E-state index is 12.4. The normalized spacial score (nSPS) is 13.1. The summed E-state index contributed by atoms with van der Waals surface area (Å²) in [6.07, 6.45) is 6.89. The molecule has 8 heteroatoms. The first-order valence-corrected chi connectivity index (χ1v) is 13.8. The predicted octanol–water partition coefficient (Wildman–Crippen LogP) is 6.94. The lowest BCUT2D eigenvalue weighted by Crippen LogP contribution is -2.27. The van der Waals surface area contributed by atoms with Crippen LogP contribution in [-0.4, -0.2) is 43.8 Å². The molecule has 0 saturated carbocycles. The Morgan fingerprint density at radius 3 is 1.84 bits per heavy atom. The highest BCUT2D eigenvalue weighted by molar-refractivity contribution is 5.72. The molecule has 0 aliphatic rings. The Kier molecular flexibility index (Phi) is 18.6. The van der Waals surface area contributed by atoms with Crippen molar-refractivity contribution in [3.8, 4) is 0 Å². The molecule has 0 spiro atoms. The number of ether oxygens (including phenoxy) is 3. The van der Waals surface area contributed by atoms with Crippen LogP contribution >= 0.6 is 0 Å². The standard InChI is InChI=1S/C29H51NO7/c1-22(2)16-17-24(30-34)21-37-27(32)15-11-8-12-18-35-26(31)14-10-9-13-19-36-28(33)25(23(3)4)20-29(5,6)7/h23-25H,1,8-21H2,2-7H3. The number of unbranched alkanes of at least 4 members (excludes halogenated alkanes) is 4. The van der Waals surface area contributed by atoms with Crippen molar-refractivity contribution >= 4 is 17.9 Å². The molecule has 0 heterocycles. The van der Waals surface area contributed by atoms with E-state index in [1.807, 2.05) is 6.92 Å². The van der Waals surface area contributed by atoms with Crippen LogP contribution in [0.2, 0.25) is 0 Å². The lowest BCUT2D eigenvalue weighted by molar-refractivity contribution is -0.151. The topological polar surface area (TPSA) is 108 Å². The van der Waals surface area contributed by atoms with Crippen LogP contribution in [0.3, 0.4) is 0 Å². The van der Waals surface area contributed by atoms with E-state index in [1.165, 1.54) is 0 Å². The molecule has 0 aliphatic heterocycles. The highest BCUT2D eigenvalue weighted by Gasteiger charge is 2.28. The van der Waals surface area contributed by atoms with Gasteiger partial charge in [-0.2, -0.15) is 4.91 Å². The average Bonchev–Trinajstić information content (AvgIpc) is 2.80. The second-order valence-electron chi connectivity index (χ2n) is 11.6. The largest absolute Gasteiger partial charge is 0.466 e. The minimum absolute atomic E-state index is 0.00528. The Balaban J connectivity index is 3.78. The first kappa shape index (κ1) is 34.8. The quantitative estimate of drug-likeness (QED) is 0.0525. The predicted molar refractivity (Wildman–Crippen MR) is 146 cm³/mol. The van der Waals surface area contributed by atoms with Crippen LogP contribution in [0.5, 0.6) is 0 Å². The van der Waals surface area contributed by atoms with Crippen molar-refractivity contribution in [2.75, 3.05) is 19.8 Å². The van der Waals surface area contributed by atoms with Crippen molar-refractivity contribution < 1.29 is 28.6 Å². The van der Waals surface area contributed by atoms with Gasteiger partial charge in [0, 0.05) is 12.8 Å². The van der Waals surface area contributed by atoms with Crippen LogP contribution < -0.4 is 0 Å². The second kappa shape index (κ2) is 19.8. The number of hydrogen-bond donors (Lipinski definition) is 0. The minimum atomic E-state index is -0.536. The van der Waals surface area contributed by atoms with E-state index in [9.17, 15) is 19.3 Å². The molecule has 214 valence electrons. The van der Waals surface area contributed by atoms with Gasteiger partial charge in [-0.05, 0) is 76.0 Å². The number of rotatable bonds is 21. The van der Waals surface area contributed by atoms with E-state index in [0.717, 1.165) is 31.3 Å². The van der Waals surface area contributed by atoms with E-state index in [1.54, 1.807) is 0 Å². The molecule has 0 rings (SSSR count). The van der Waals surface area contributed by atoms with Gasteiger partial charge < -0.3 is 14.2 Å². The summed E-state index contributed by atoms with van der Waals surface area (Å²) < 4.78 is 15.8. The van der Waals surface area contributed by atoms with Crippen LogP contribution in [0.4, 0.5) is 0 Å². The summed E-state index contributed by atoms with van der Waals surface area (Å²) in [7, 11) is 0.